The van der Waals surface area contributed by atoms with Crippen molar-refractivity contribution in [2.45, 2.75) is 32.7 Å². The van der Waals surface area contributed by atoms with Crippen LogP contribution in [0.4, 0.5) is 5.69 Å². The van der Waals surface area contributed by atoms with Crippen molar-refractivity contribution in [2.24, 2.45) is 4.99 Å². The molecule has 0 fully saturated rings. The molecule has 2 aromatic heterocycles. The average molecular weight is 683 g/mol. The van der Waals surface area contributed by atoms with Crippen LogP contribution in [-0.2, 0) is 9.53 Å². The number of fused-ring (bicyclic) bond motifs is 1. The van der Waals surface area contributed by atoms with E-state index in [4.69, 9.17) is 23.6 Å². The fraction of sp³-hybridized carbons (Fsp3) is 0.258. The summed E-state index contributed by atoms with van der Waals surface area (Å²) in [6, 6.07) is 12.3. The van der Waals surface area contributed by atoms with E-state index in [0.717, 1.165) is 17.8 Å². The number of aromatic nitrogens is 1. The van der Waals surface area contributed by atoms with Crippen LogP contribution in [0.15, 0.2) is 78.5 Å². The van der Waals surface area contributed by atoms with Crippen LogP contribution in [0.3, 0.4) is 0 Å². The quantitative estimate of drug-likeness (QED) is 0.121. The van der Waals surface area contributed by atoms with Gasteiger partial charge in [-0.25, -0.2) is 9.79 Å². The summed E-state index contributed by atoms with van der Waals surface area (Å²) in [7, 11) is 2.98. The SMILES string of the molecule is CCCC1=C(C(=O)OCC)[C@@H](c2ccc(OC)c(Br)c2)n2c(s/c(=C\c3ccc(-c4ccc(OC)cc4[N+](=O)[O-])o3)c2=O)=N1. The number of allylic oxidation sites excluding steroid dienone is 1. The number of nitro groups is 1. The Morgan fingerprint density at radius 1 is 1.16 bits per heavy atom. The molecule has 0 aliphatic carbocycles. The van der Waals surface area contributed by atoms with Gasteiger partial charge in [0.15, 0.2) is 4.80 Å². The largest absolute Gasteiger partial charge is 0.497 e. The van der Waals surface area contributed by atoms with Crippen molar-refractivity contribution in [2.75, 3.05) is 20.8 Å². The third-order valence-electron chi connectivity index (χ3n) is 6.95. The van der Waals surface area contributed by atoms with Crippen LogP contribution in [0, 0.1) is 10.1 Å². The number of hydrogen-bond acceptors (Lipinski definition) is 10. The van der Waals surface area contributed by atoms with Gasteiger partial charge in [-0.1, -0.05) is 30.7 Å². The van der Waals surface area contributed by atoms with Gasteiger partial charge in [-0.3, -0.25) is 19.5 Å². The number of carbonyl (C=O) groups excluding carboxylic acids is 1. The number of hydrogen-bond donors (Lipinski definition) is 0. The molecule has 228 valence electrons. The Morgan fingerprint density at radius 2 is 1.95 bits per heavy atom. The van der Waals surface area contributed by atoms with Crippen LogP contribution in [0.25, 0.3) is 17.4 Å². The summed E-state index contributed by atoms with van der Waals surface area (Å²) < 4.78 is 24.4. The zero-order valence-electron chi connectivity index (χ0n) is 24.3. The lowest BCUT2D eigenvalue weighted by atomic mass is 9.94. The lowest BCUT2D eigenvalue weighted by Gasteiger charge is -2.26. The van der Waals surface area contributed by atoms with E-state index in [9.17, 15) is 19.7 Å². The van der Waals surface area contributed by atoms with E-state index in [1.54, 1.807) is 56.5 Å². The summed E-state index contributed by atoms with van der Waals surface area (Å²) in [5.41, 5.74) is 1.25. The van der Waals surface area contributed by atoms with Crippen molar-refractivity contribution in [1.29, 1.82) is 0 Å². The Morgan fingerprint density at radius 3 is 2.61 bits per heavy atom. The number of furan rings is 1. The Kier molecular flexibility index (Phi) is 9.16. The van der Waals surface area contributed by atoms with E-state index in [1.807, 2.05) is 13.0 Å². The summed E-state index contributed by atoms with van der Waals surface area (Å²) in [4.78, 5) is 43.8. The van der Waals surface area contributed by atoms with E-state index in [2.05, 4.69) is 15.9 Å². The highest BCUT2D eigenvalue weighted by molar-refractivity contribution is 9.10. The minimum absolute atomic E-state index is 0.165. The second-order valence-electron chi connectivity index (χ2n) is 9.65. The van der Waals surface area contributed by atoms with E-state index < -0.39 is 16.9 Å². The maximum absolute atomic E-state index is 14.0. The number of methoxy groups -OCH3 is 2. The molecule has 0 N–H and O–H groups in total. The van der Waals surface area contributed by atoms with Crippen molar-refractivity contribution in [3.05, 3.63) is 105 Å². The normalized spacial score (nSPS) is 14.7. The number of halogens is 1. The fourth-order valence-electron chi connectivity index (χ4n) is 4.99. The van der Waals surface area contributed by atoms with Gasteiger partial charge in [0, 0.05) is 6.08 Å². The standard InChI is InChI=1S/C31H28BrN3O8S/c1-5-7-22-27(30(37)42-6-2)28(17-8-12-25(41-4)21(32)14-17)34-29(36)26(44-31(34)33-22)16-19-10-13-24(43-19)20-11-9-18(40-3)15-23(20)35(38)39/h8-16,28H,5-7H2,1-4H3/b26-16-/t28-/m1/s1. The second kappa shape index (κ2) is 13.0. The maximum atomic E-state index is 14.0. The molecule has 3 heterocycles. The number of esters is 1. The highest BCUT2D eigenvalue weighted by Gasteiger charge is 2.34. The summed E-state index contributed by atoms with van der Waals surface area (Å²) in [6.07, 6.45) is 2.80. The third-order valence-corrected chi connectivity index (χ3v) is 8.55. The Balaban J connectivity index is 1.67. The van der Waals surface area contributed by atoms with Crippen molar-refractivity contribution < 1.29 is 28.3 Å². The molecule has 1 atom stereocenters. The number of benzene rings is 2. The molecule has 5 rings (SSSR count). The van der Waals surface area contributed by atoms with Crippen LogP contribution in [-0.4, -0.2) is 36.3 Å². The molecule has 13 heteroatoms. The maximum Gasteiger partial charge on any atom is 0.338 e. The minimum atomic E-state index is -0.801. The zero-order valence-corrected chi connectivity index (χ0v) is 26.7. The van der Waals surface area contributed by atoms with E-state index in [0.29, 0.717) is 54.3 Å². The van der Waals surface area contributed by atoms with Crippen molar-refractivity contribution >= 4 is 45.0 Å². The van der Waals surface area contributed by atoms with Gasteiger partial charge in [-0.15, -0.1) is 0 Å². The van der Waals surface area contributed by atoms with Gasteiger partial charge in [0.25, 0.3) is 11.2 Å². The molecular formula is C31H28BrN3O8S. The number of carbonyl (C=O) groups is 1. The topological polar surface area (TPSA) is 135 Å². The summed E-state index contributed by atoms with van der Waals surface area (Å²) in [6.45, 7) is 3.88. The molecule has 44 heavy (non-hydrogen) atoms. The molecule has 11 nitrogen and oxygen atoms in total. The number of nitro benzene ring substituents is 1. The van der Waals surface area contributed by atoms with Crippen LogP contribution in [0.2, 0.25) is 0 Å². The summed E-state index contributed by atoms with van der Waals surface area (Å²) in [5.74, 6) is 0.980. The lowest BCUT2D eigenvalue weighted by Crippen LogP contribution is -2.40. The van der Waals surface area contributed by atoms with Crippen molar-refractivity contribution in [3.8, 4) is 22.8 Å². The van der Waals surface area contributed by atoms with Gasteiger partial charge in [0.2, 0.25) is 0 Å². The van der Waals surface area contributed by atoms with E-state index >= 15 is 0 Å². The smallest absolute Gasteiger partial charge is 0.338 e. The summed E-state index contributed by atoms with van der Waals surface area (Å²) in [5, 5.41) is 11.7. The molecule has 1 aliphatic heterocycles. The molecule has 0 radical (unpaired) electrons. The molecule has 0 saturated heterocycles. The first-order chi connectivity index (χ1) is 21.2. The Hall–Kier alpha value is -4.49. The predicted molar refractivity (Wildman–Crippen MR) is 168 cm³/mol. The van der Waals surface area contributed by atoms with E-state index in [1.165, 1.54) is 17.7 Å². The fourth-order valence-corrected chi connectivity index (χ4v) is 6.55. The van der Waals surface area contributed by atoms with E-state index in [-0.39, 0.29) is 29.2 Å². The van der Waals surface area contributed by atoms with Crippen LogP contribution >= 0.6 is 27.3 Å². The molecule has 0 saturated carbocycles. The van der Waals surface area contributed by atoms with Crippen molar-refractivity contribution in [3.63, 3.8) is 0 Å². The lowest BCUT2D eigenvalue weighted by molar-refractivity contribution is -0.384. The molecule has 0 amide bonds. The van der Waals surface area contributed by atoms with Gasteiger partial charge >= 0.3 is 5.97 Å². The zero-order chi connectivity index (χ0) is 31.5. The van der Waals surface area contributed by atoms with Crippen LogP contribution in [0.1, 0.15) is 44.1 Å². The molecule has 4 aromatic rings. The van der Waals surface area contributed by atoms with Gasteiger partial charge < -0.3 is 18.6 Å². The van der Waals surface area contributed by atoms with Gasteiger partial charge in [0.1, 0.15) is 23.0 Å². The molecule has 0 bridgehead atoms. The van der Waals surface area contributed by atoms with Gasteiger partial charge in [-0.05, 0) is 71.2 Å². The first kappa shape index (κ1) is 31.0. The molecule has 2 aromatic carbocycles. The third kappa shape index (κ3) is 5.84. The molecule has 0 spiro atoms. The molecular weight excluding hydrogens is 654 g/mol. The predicted octanol–water partition coefficient (Wildman–Crippen LogP) is 5.53. The Bertz CT molecular complexity index is 1970. The average Bonchev–Trinajstić information content (AvgIpc) is 3.60. The monoisotopic (exact) mass is 681 g/mol. The second-order valence-corrected chi connectivity index (χ2v) is 11.5. The number of ether oxygens (including phenoxy) is 3. The highest BCUT2D eigenvalue weighted by atomic mass is 79.9. The van der Waals surface area contributed by atoms with Gasteiger partial charge in [0.05, 0.1) is 63.7 Å². The number of rotatable bonds is 10. The Labute approximate surface area is 264 Å². The molecule has 1 aliphatic rings. The van der Waals surface area contributed by atoms with Crippen molar-refractivity contribution in [1.82, 2.24) is 4.57 Å². The highest BCUT2D eigenvalue weighted by Crippen LogP contribution is 2.37. The molecule has 0 unspecified atom stereocenters. The number of thiazole rings is 1. The van der Waals surface area contributed by atoms with Crippen LogP contribution in [0.5, 0.6) is 11.5 Å². The first-order valence-corrected chi connectivity index (χ1v) is 15.3. The first-order valence-electron chi connectivity index (χ1n) is 13.7. The number of nitrogens with zero attached hydrogens (tertiary/aromatic N) is 3. The summed E-state index contributed by atoms with van der Waals surface area (Å²) >= 11 is 4.69. The van der Waals surface area contributed by atoms with Gasteiger partial charge in [-0.2, -0.15) is 0 Å². The minimum Gasteiger partial charge on any atom is -0.497 e. The van der Waals surface area contributed by atoms with Crippen LogP contribution < -0.4 is 24.4 Å².